The Kier molecular flexibility index (Phi) is 9.44. The lowest BCUT2D eigenvalue weighted by Crippen LogP contribution is -2.28. The van der Waals surface area contributed by atoms with E-state index in [9.17, 15) is 10.2 Å². The van der Waals surface area contributed by atoms with Gasteiger partial charge in [0.25, 0.3) is 0 Å². The summed E-state index contributed by atoms with van der Waals surface area (Å²) >= 11 is 0. The molecule has 0 radical (unpaired) electrons. The van der Waals surface area contributed by atoms with E-state index in [4.69, 9.17) is 19.9 Å². The highest BCUT2D eigenvalue weighted by atomic mass is 16.3. The van der Waals surface area contributed by atoms with E-state index >= 15 is 0 Å². The van der Waals surface area contributed by atoms with Crippen LogP contribution in [0.2, 0.25) is 0 Å². The Hall–Kier alpha value is -3.80. The summed E-state index contributed by atoms with van der Waals surface area (Å²) in [6, 6.07) is 15.8. The minimum atomic E-state index is 0.130. The maximum atomic E-state index is 11.0. The Morgan fingerprint density at radius 1 is 0.587 bits per heavy atom. The summed E-state index contributed by atoms with van der Waals surface area (Å²) in [5.41, 5.74) is 6.68. The zero-order valence-corrected chi connectivity index (χ0v) is 28.1. The second-order valence-electron chi connectivity index (χ2n) is 14.4. The van der Waals surface area contributed by atoms with Crippen LogP contribution in [-0.2, 0) is 0 Å². The Balaban J connectivity index is 1.32. The third-order valence-electron chi connectivity index (χ3n) is 11.3. The highest BCUT2D eigenvalue weighted by molar-refractivity contribution is 5.72. The SMILES string of the molecule is CCC(c1cc(-c2cccc(-c3cccc(-c4cc(C(CC)C5(C)CCCCC5)ncc4O)n3)n2)c(O)cn1)C1(C)CCCCC1. The zero-order chi connectivity index (χ0) is 32.3. The van der Waals surface area contributed by atoms with Crippen molar-refractivity contribution in [1.82, 2.24) is 19.9 Å². The van der Waals surface area contributed by atoms with Crippen molar-refractivity contribution >= 4 is 0 Å². The first-order valence-corrected chi connectivity index (χ1v) is 17.6. The summed E-state index contributed by atoms with van der Waals surface area (Å²) in [6.07, 6.45) is 17.8. The van der Waals surface area contributed by atoms with E-state index in [1.807, 2.05) is 48.5 Å². The number of hydrogen-bond acceptors (Lipinski definition) is 6. The molecule has 4 aromatic heterocycles. The minimum absolute atomic E-state index is 0.130. The number of nitrogens with zero attached hydrogens (tertiary/aromatic N) is 4. The molecule has 2 unspecified atom stereocenters. The Morgan fingerprint density at radius 2 is 0.957 bits per heavy atom. The minimum Gasteiger partial charge on any atom is -0.506 e. The van der Waals surface area contributed by atoms with Gasteiger partial charge >= 0.3 is 0 Å². The maximum absolute atomic E-state index is 11.0. The van der Waals surface area contributed by atoms with E-state index in [0.717, 1.165) is 24.2 Å². The molecule has 0 spiro atoms. The molecule has 0 amide bonds. The van der Waals surface area contributed by atoms with Gasteiger partial charge < -0.3 is 10.2 Å². The fraction of sp³-hybridized carbons (Fsp3) is 0.500. The van der Waals surface area contributed by atoms with Crippen LogP contribution in [0, 0.1) is 10.8 Å². The maximum Gasteiger partial charge on any atom is 0.143 e. The molecule has 0 saturated heterocycles. The molecule has 2 aliphatic carbocycles. The summed E-state index contributed by atoms with van der Waals surface area (Å²) in [4.78, 5) is 19.4. The van der Waals surface area contributed by atoms with E-state index < -0.39 is 0 Å². The first-order chi connectivity index (χ1) is 22.2. The molecule has 4 aromatic rings. The molecule has 2 fully saturated rings. The number of aromatic nitrogens is 4. The Morgan fingerprint density at radius 3 is 1.33 bits per heavy atom. The molecule has 6 heteroatoms. The third-order valence-corrected chi connectivity index (χ3v) is 11.3. The highest BCUT2D eigenvalue weighted by Gasteiger charge is 2.37. The molecule has 242 valence electrons. The first kappa shape index (κ1) is 32.2. The van der Waals surface area contributed by atoms with Crippen LogP contribution in [-0.4, -0.2) is 30.1 Å². The van der Waals surface area contributed by atoms with Gasteiger partial charge in [0, 0.05) is 34.4 Å². The summed E-state index contributed by atoms with van der Waals surface area (Å²) in [6.45, 7) is 9.32. The van der Waals surface area contributed by atoms with Gasteiger partial charge in [-0.1, -0.05) is 78.4 Å². The molecule has 0 aromatic carbocycles. The van der Waals surface area contributed by atoms with Gasteiger partial charge in [0.05, 0.1) is 35.2 Å². The van der Waals surface area contributed by atoms with E-state index in [0.29, 0.717) is 45.7 Å². The predicted molar refractivity (Wildman–Crippen MR) is 186 cm³/mol. The van der Waals surface area contributed by atoms with Crippen molar-refractivity contribution in [3.8, 4) is 45.4 Å². The molecule has 2 N–H and O–H groups in total. The van der Waals surface area contributed by atoms with Gasteiger partial charge in [-0.3, -0.25) is 9.97 Å². The van der Waals surface area contributed by atoms with Crippen LogP contribution >= 0.6 is 0 Å². The van der Waals surface area contributed by atoms with Crippen molar-refractivity contribution < 1.29 is 10.2 Å². The van der Waals surface area contributed by atoms with Crippen LogP contribution in [0.3, 0.4) is 0 Å². The zero-order valence-electron chi connectivity index (χ0n) is 28.1. The van der Waals surface area contributed by atoms with E-state index in [-0.39, 0.29) is 22.3 Å². The van der Waals surface area contributed by atoms with Crippen LogP contribution in [0.25, 0.3) is 33.9 Å². The normalized spacial score (nSPS) is 19.0. The smallest absolute Gasteiger partial charge is 0.143 e. The second-order valence-corrected chi connectivity index (χ2v) is 14.4. The second kappa shape index (κ2) is 13.5. The highest BCUT2D eigenvalue weighted by Crippen LogP contribution is 2.50. The molecule has 2 saturated carbocycles. The molecule has 6 rings (SSSR count). The van der Waals surface area contributed by atoms with E-state index in [2.05, 4.69) is 27.7 Å². The summed E-state index contributed by atoms with van der Waals surface area (Å²) < 4.78 is 0. The Labute approximate surface area is 274 Å². The molecular weight excluding hydrogens is 568 g/mol. The molecule has 0 aliphatic heterocycles. The lowest BCUT2D eigenvalue weighted by atomic mass is 9.65. The van der Waals surface area contributed by atoms with Crippen LogP contribution in [0.15, 0.2) is 60.9 Å². The van der Waals surface area contributed by atoms with Crippen molar-refractivity contribution in [2.75, 3.05) is 0 Å². The van der Waals surface area contributed by atoms with Gasteiger partial charge in [-0.15, -0.1) is 0 Å². The standard InChI is InChI=1S/C40H50N4O2/c1-5-29(39(3)19-9-7-10-20-39)35-23-27(37(45)25-41-35)31-15-13-17-33(43-31)34-18-14-16-32(44-34)28-24-36(42-26-38(28)46)30(6-2)40(4)21-11-8-12-22-40/h13-18,23-26,29-30,45-46H,5-12,19-22H2,1-4H3. The number of rotatable bonds is 9. The molecule has 2 atom stereocenters. The predicted octanol–water partition coefficient (Wildman–Crippen LogP) is 10.6. The molecule has 6 nitrogen and oxygen atoms in total. The fourth-order valence-corrected chi connectivity index (χ4v) is 8.71. The summed E-state index contributed by atoms with van der Waals surface area (Å²) in [5, 5.41) is 21.9. The molecule has 4 heterocycles. The third kappa shape index (κ3) is 6.41. The average Bonchev–Trinajstić information content (AvgIpc) is 3.07. The van der Waals surface area contributed by atoms with Crippen LogP contribution in [0.4, 0.5) is 0 Å². The van der Waals surface area contributed by atoms with Gasteiger partial charge in [0.1, 0.15) is 11.5 Å². The van der Waals surface area contributed by atoms with Crippen LogP contribution < -0.4 is 0 Å². The van der Waals surface area contributed by atoms with Crippen molar-refractivity contribution in [1.29, 1.82) is 0 Å². The molecule has 2 aliphatic rings. The topological polar surface area (TPSA) is 92.0 Å². The Bertz CT molecular complexity index is 1530. The molecule has 0 bridgehead atoms. The fourth-order valence-electron chi connectivity index (χ4n) is 8.71. The van der Waals surface area contributed by atoms with Gasteiger partial charge in [-0.25, -0.2) is 9.97 Å². The van der Waals surface area contributed by atoms with Gasteiger partial charge in [-0.2, -0.15) is 0 Å². The molecular formula is C40H50N4O2. The van der Waals surface area contributed by atoms with Crippen molar-refractivity contribution in [3.05, 3.63) is 72.3 Å². The van der Waals surface area contributed by atoms with E-state index in [1.165, 1.54) is 64.2 Å². The number of hydrogen-bond donors (Lipinski definition) is 2. The lowest BCUT2D eigenvalue weighted by molar-refractivity contribution is 0.161. The van der Waals surface area contributed by atoms with Gasteiger partial charge in [0.2, 0.25) is 0 Å². The average molecular weight is 619 g/mol. The van der Waals surface area contributed by atoms with Crippen molar-refractivity contribution in [3.63, 3.8) is 0 Å². The van der Waals surface area contributed by atoms with Crippen LogP contribution in [0.1, 0.15) is 128 Å². The van der Waals surface area contributed by atoms with Crippen molar-refractivity contribution in [2.45, 2.75) is 117 Å². The van der Waals surface area contributed by atoms with E-state index in [1.54, 1.807) is 12.4 Å². The largest absolute Gasteiger partial charge is 0.506 e. The van der Waals surface area contributed by atoms with Crippen molar-refractivity contribution in [2.24, 2.45) is 10.8 Å². The molecule has 46 heavy (non-hydrogen) atoms. The number of pyridine rings is 4. The van der Waals surface area contributed by atoms with Gasteiger partial charge in [0.15, 0.2) is 0 Å². The van der Waals surface area contributed by atoms with Gasteiger partial charge in [-0.05, 0) is 85.8 Å². The monoisotopic (exact) mass is 618 g/mol. The summed E-state index contributed by atoms with van der Waals surface area (Å²) in [7, 11) is 0. The lowest BCUT2D eigenvalue weighted by Gasteiger charge is -2.40. The number of aromatic hydroxyl groups is 2. The first-order valence-electron chi connectivity index (χ1n) is 17.6. The van der Waals surface area contributed by atoms with Crippen LogP contribution in [0.5, 0.6) is 11.5 Å². The summed E-state index contributed by atoms with van der Waals surface area (Å²) in [5.74, 6) is 0.925. The quantitative estimate of drug-likeness (QED) is 0.194.